The summed E-state index contributed by atoms with van der Waals surface area (Å²) in [5, 5.41) is 3.21. The third kappa shape index (κ3) is 3.19. The lowest BCUT2D eigenvalue weighted by Gasteiger charge is -2.07. The van der Waals surface area contributed by atoms with Crippen LogP contribution in [-0.2, 0) is 13.6 Å². The number of primary amides is 1. The highest BCUT2D eigenvalue weighted by molar-refractivity contribution is 5.92. The van der Waals surface area contributed by atoms with Crippen LogP contribution in [0.5, 0.6) is 0 Å². The number of amides is 1. The highest BCUT2D eigenvalue weighted by atomic mass is 16.1. The van der Waals surface area contributed by atoms with Gasteiger partial charge in [-0.2, -0.15) is 0 Å². The van der Waals surface area contributed by atoms with Gasteiger partial charge in [-0.3, -0.25) is 14.3 Å². The Bertz CT molecular complexity index is 954. The van der Waals surface area contributed by atoms with Crippen LogP contribution in [0, 0.1) is 6.92 Å². The van der Waals surface area contributed by atoms with E-state index in [4.69, 9.17) is 5.73 Å². The second-order valence-corrected chi connectivity index (χ2v) is 5.85. The highest BCUT2D eigenvalue weighted by Crippen LogP contribution is 2.15. The van der Waals surface area contributed by atoms with Crippen molar-refractivity contribution in [3.63, 3.8) is 0 Å². The van der Waals surface area contributed by atoms with Crippen molar-refractivity contribution in [1.82, 2.24) is 9.36 Å². The third-order valence-electron chi connectivity index (χ3n) is 4.26. The SMILES string of the molecule is Cc1c(NCc2ccc(C(N)=O)cc2)c(=O)n(-c2ccccc2)n1C. The van der Waals surface area contributed by atoms with Gasteiger partial charge in [-0.15, -0.1) is 0 Å². The van der Waals surface area contributed by atoms with Gasteiger partial charge in [0, 0.05) is 19.2 Å². The molecule has 1 amide bonds. The number of nitrogens with two attached hydrogens (primary N) is 1. The van der Waals surface area contributed by atoms with Crippen LogP contribution in [0.25, 0.3) is 5.69 Å². The molecular formula is C19H20N4O2. The van der Waals surface area contributed by atoms with Crippen LogP contribution in [0.15, 0.2) is 59.4 Å². The lowest BCUT2D eigenvalue weighted by Crippen LogP contribution is -2.21. The fraction of sp³-hybridized carbons (Fsp3) is 0.158. The van der Waals surface area contributed by atoms with Gasteiger partial charge in [0.05, 0.1) is 11.4 Å². The number of carbonyl (C=O) groups excluding carboxylic acids is 1. The van der Waals surface area contributed by atoms with Gasteiger partial charge in [-0.05, 0) is 36.8 Å². The highest BCUT2D eigenvalue weighted by Gasteiger charge is 2.15. The minimum absolute atomic E-state index is 0.0973. The number of para-hydroxylation sites is 1. The first kappa shape index (κ1) is 16.6. The van der Waals surface area contributed by atoms with E-state index in [1.807, 2.05) is 61.1 Å². The molecule has 6 heteroatoms. The number of aromatic nitrogens is 2. The number of nitrogens with zero attached hydrogens (tertiary/aromatic N) is 2. The number of anilines is 1. The normalized spacial score (nSPS) is 10.6. The topological polar surface area (TPSA) is 82.1 Å². The van der Waals surface area contributed by atoms with Crippen molar-refractivity contribution in [2.24, 2.45) is 12.8 Å². The zero-order chi connectivity index (χ0) is 18.0. The van der Waals surface area contributed by atoms with Crippen molar-refractivity contribution < 1.29 is 4.79 Å². The van der Waals surface area contributed by atoms with Crippen LogP contribution < -0.4 is 16.6 Å². The van der Waals surface area contributed by atoms with Gasteiger partial charge < -0.3 is 11.1 Å². The van der Waals surface area contributed by atoms with Crippen LogP contribution in [0.1, 0.15) is 21.6 Å². The molecule has 6 nitrogen and oxygen atoms in total. The number of hydrogen-bond donors (Lipinski definition) is 2. The average molecular weight is 336 g/mol. The maximum atomic E-state index is 12.8. The Kier molecular flexibility index (Phi) is 4.43. The fourth-order valence-electron chi connectivity index (χ4n) is 2.75. The van der Waals surface area contributed by atoms with Gasteiger partial charge in [-0.25, -0.2) is 4.68 Å². The molecule has 3 rings (SSSR count). The molecule has 3 N–H and O–H groups in total. The van der Waals surface area contributed by atoms with Crippen molar-refractivity contribution in [2.75, 3.05) is 5.32 Å². The predicted molar refractivity (Wildman–Crippen MR) is 98.0 cm³/mol. The Balaban J connectivity index is 1.86. The molecule has 1 aromatic heterocycles. The molecule has 0 unspecified atom stereocenters. The van der Waals surface area contributed by atoms with Crippen LogP contribution in [0.3, 0.4) is 0 Å². The molecule has 128 valence electrons. The van der Waals surface area contributed by atoms with Gasteiger partial charge in [0.1, 0.15) is 5.69 Å². The van der Waals surface area contributed by atoms with E-state index < -0.39 is 5.91 Å². The number of hydrogen-bond acceptors (Lipinski definition) is 3. The molecule has 0 saturated heterocycles. The Hall–Kier alpha value is -3.28. The quantitative estimate of drug-likeness (QED) is 0.749. The number of rotatable bonds is 5. The summed E-state index contributed by atoms with van der Waals surface area (Å²) in [5.74, 6) is -0.454. The summed E-state index contributed by atoms with van der Waals surface area (Å²) in [6, 6.07) is 16.5. The van der Waals surface area contributed by atoms with Crippen molar-refractivity contribution in [3.8, 4) is 5.69 Å². The van der Waals surface area contributed by atoms with Crippen LogP contribution in [0.2, 0.25) is 0 Å². The summed E-state index contributed by atoms with van der Waals surface area (Å²) in [7, 11) is 1.86. The van der Waals surface area contributed by atoms with Crippen molar-refractivity contribution in [2.45, 2.75) is 13.5 Å². The van der Waals surface area contributed by atoms with Gasteiger partial charge in [0.15, 0.2) is 0 Å². The minimum atomic E-state index is -0.454. The zero-order valence-electron chi connectivity index (χ0n) is 14.2. The first-order chi connectivity index (χ1) is 12.0. The second kappa shape index (κ2) is 6.68. The predicted octanol–water partition coefficient (Wildman–Crippen LogP) is 2.20. The number of nitrogens with one attached hydrogen (secondary N) is 1. The zero-order valence-corrected chi connectivity index (χ0v) is 14.2. The molecule has 3 aromatic rings. The van der Waals surface area contributed by atoms with Crippen molar-refractivity contribution in [3.05, 3.63) is 81.8 Å². The molecule has 1 heterocycles. The number of carbonyl (C=O) groups is 1. The summed E-state index contributed by atoms with van der Waals surface area (Å²) in [6.45, 7) is 2.38. The van der Waals surface area contributed by atoms with E-state index in [1.165, 1.54) is 0 Å². The molecule has 0 radical (unpaired) electrons. The maximum Gasteiger partial charge on any atom is 0.295 e. The first-order valence-corrected chi connectivity index (χ1v) is 7.95. The molecule has 0 spiro atoms. The van der Waals surface area contributed by atoms with Crippen molar-refractivity contribution >= 4 is 11.6 Å². The maximum absolute atomic E-state index is 12.8. The molecule has 2 aromatic carbocycles. The smallest absolute Gasteiger partial charge is 0.295 e. The van der Waals surface area contributed by atoms with E-state index in [1.54, 1.807) is 16.8 Å². The molecule has 0 aliphatic rings. The molecular weight excluding hydrogens is 316 g/mol. The van der Waals surface area contributed by atoms with Crippen LogP contribution in [0.4, 0.5) is 5.69 Å². The largest absolute Gasteiger partial charge is 0.375 e. The molecule has 0 bridgehead atoms. The standard InChI is InChI=1S/C19H20N4O2/c1-13-17(21-12-14-8-10-15(11-9-14)18(20)24)19(25)23(22(13)2)16-6-4-3-5-7-16/h3-11,21H,12H2,1-2H3,(H2,20,24). The summed E-state index contributed by atoms with van der Waals surface area (Å²) < 4.78 is 3.46. The number of benzene rings is 2. The Labute approximate surface area is 145 Å². The average Bonchev–Trinajstić information content (AvgIpc) is 2.83. The van der Waals surface area contributed by atoms with E-state index in [2.05, 4.69) is 5.32 Å². The Morgan fingerprint density at radius 3 is 2.32 bits per heavy atom. The van der Waals surface area contributed by atoms with Gasteiger partial charge in [-0.1, -0.05) is 30.3 Å². The molecule has 0 saturated carbocycles. The first-order valence-electron chi connectivity index (χ1n) is 7.95. The van der Waals surface area contributed by atoms with Gasteiger partial charge in [0.25, 0.3) is 5.56 Å². The van der Waals surface area contributed by atoms with E-state index in [-0.39, 0.29) is 5.56 Å². The monoisotopic (exact) mass is 336 g/mol. The van der Waals surface area contributed by atoms with Crippen molar-refractivity contribution in [1.29, 1.82) is 0 Å². The summed E-state index contributed by atoms with van der Waals surface area (Å²) in [6.07, 6.45) is 0. The van der Waals surface area contributed by atoms with E-state index in [0.717, 1.165) is 16.9 Å². The van der Waals surface area contributed by atoms with E-state index in [9.17, 15) is 9.59 Å². The van der Waals surface area contributed by atoms with E-state index in [0.29, 0.717) is 17.8 Å². The summed E-state index contributed by atoms with van der Waals surface area (Å²) in [5.41, 5.74) is 8.79. The minimum Gasteiger partial charge on any atom is -0.375 e. The molecule has 0 atom stereocenters. The third-order valence-corrected chi connectivity index (χ3v) is 4.26. The fourth-order valence-corrected chi connectivity index (χ4v) is 2.75. The Morgan fingerprint density at radius 1 is 1.08 bits per heavy atom. The molecule has 25 heavy (non-hydrogen) atoms. The second-order valence-electron chi connectivity index (χ2n) is 5.85. The summed E-state index contributed by atoms with van der Waals surface area (Å²) >= 11 is 0. The van der Waals surface area contributed by atoms with Gasteiger partial charge in [0.2, 0.25) is 5.91 Å². The Morgan fingerprint density at radius 2 is 1.72 bits per heavy atom. The van der Waals surface area contributed by atoms with E-state index >= 15 is 0 Å². The lowest BCUT2D eigenvalue weighted by molar-refractivity contribution is 0.100. The summed E-state index contributed by atoms with van der Waals surface area (Å²) in [4.78, 5) is 23.9. The molecule has 0 fully saturated rings. The molecule has 0 aliphatic heterocycles. The van der Waals surface area contributed by atoms with Crippen LogP contribution in [-0.4, -0.2) is 15.3 Å². The van der Waals surface area contributed by atoms with Gasteiger partial charge >= 0.3 is 0 Å². The molecule has 0 aliphatic carbocycles. The van der Waals surface area contributed by atoms with Crippen LogP contribution >= 0.6 is 0 Å². The lowest BCUT2D eigenvalue weighted by atomic mass is 10.1.